The van der Waals surface area contributed by atoms with Crippen molar-refractivity contribution in [2.24, 2.45) is 0 Å². The molecule has 2 nitrogen and oxygen atoms in total. The smallest absolute Gasteiger partial charge is 0.136 e. The fourth-order valence-corrected chi connectivity index (χ4v) is 10.4. The second kappa shape index (κ2) is 12.7. The molecule has 0 bridgehead atoms. The Morgan fingerprint density at radius 3 is 1.90 bits per heavy atom. The number of nitrogens with one attached hydrogen (secondary N) is 1. The summed E-state index contributed by atoms with van der Waals surface area (Å²) in [6.45, 7) is 14.1. The lowest BCUT2D eigenvalue weighted by atomic mass is 9.74. The van der Waals surface area contributed by atoms with E-state index in [1.807, 2.05) is 6.07 Å². The van der Waals surface area contributed by atoms with Crippen LogP contribution in [0.3, 0.4) is 0 Å². The van der Waals surface area contributed by atoms with Crippen LogP contribution in [0.15, 0.2) is 174 Å². The summed E-state index contributed by atoms with van der Waals surface area (Å²) in [5, 5.41) is 6.37. The first-order valence-electron chi connectivity index (χ1n) is 20.9. The van der Waals surface area contributed by atoms with Gasteiger partial charge in [0.1, 0.15) is 11.2 Å². The van der Waals surface area contributed by atoms with Crippen molar-refractivity contribution in [3.05, 3.63) is 203 Å². The summed E-state index contributed by atoms with van der Waals surface area (Å²) in [5.74, 6) is 0. The third-order valence-electron chi connectivity index (χ3n) is 13.5. The fraction of sp³-hybridized carbons (Fsp3) is 0.158. The van der Waals surface area contributed by atoms with Crippen LogP contribution in [0.4, 0.5) is 11.4 Å². The third kappa shape index (κ3) is 5.18. The largest absolute Gasteiger partial charge is 0.456 e. The molecule has 286 valence electrons. The molecule has 0 spiro atoms. The van der Waals surface area contributed by atoms with Gasteiger partial charge in [-0.05, 0) is 103 Å². The van der Waals surface area contributed by atoms with Crippen molar-refractivity contribution in [1.82, 2.24) is 0 Å². The summed E-state index contributed by atoms with van der Waals surface area (Å²) in [6.07, 6.45) is 0. The maximum atomic E-state index is 6.47. The molecule has 1 heterocycles. The van der Waals surface area contributed by atoms with Gasteiger partial charge in [-0.25, -0.2) is 0 Å². The summed E-state index contributed by atoms with van der Waals surface area (Å²) in [6, 6.07) is 62.7. The van der Waals surface area contributed by atoms with E-state index in [9.17, 15) is 0 Å². The quantitative estimate of drug-likeness (QED) is 0.189. The van der Waals surface area contributed by atoms with Gasteiger partial charge in [-0.15, -0.1) is 0 Å². The number of hydrogen-bond acceptors (Lipinski definition) is 2. The number of anilines is 2. The fourth-order valence-electron chi connectivity index (χ4n) is 10.4. The van der Waals surface area contributed by atoms with Gasteiger partial charge in [-0.1, -0.05) is 180 Å². The highest BCUT2D eigenvalue weighted by Gasteiger charge is 2.41. The molecule has 1 atom stereocenters. The van der Waals surface area contributed by atoms with E-state index in [1.165, 1.54) is 66.8 Å². The highest BCUT2D eigenvalue weighted by molar-refractivity contribution is 6.14. The molecule has 2 aliphatic rings. The summed E-state index contributed by atoms with van der Waals surface area (Å²) >= 11 is 0. The summed E-state index contributed by atoms with van der Waals surface area (Å²) in [4.78, 5) is 0. The van der Waals surface area contributed by atoms with E-state index in [1.54, 1.807) is 0 Å². The van der Waals surface area contributed by atoms with E-state index in [0.29, 0.717) is 0 Å². The first-order valence-corrected chi connectivity index (χ1v) is 20.9. The average molecular weight is 762 g/mol. The lowest BCUT2D eigenvalue weighted by Gasteiger charge is -2.29. The van der Waals surface area contributed by atoms with Gasteiger partial charge in [0, 0.05) is 38.4 Å². The maximum absolute atomic E-state index is 6.47. The van der Waals surface area contributed by atoms with Crippen LogP contribution in [0.25, 0.3) is 66.4 Å². The second-order valence-corrected chi connectivity index (χ2v) is 18.3. The van der Waals surface area contributed by atoms with Gasteiger partial charge < -0.3 is 9.73 Å². The Bertz CT molecular complexity index is 3160. The first-order chi connectivity index (χ1) is 28.5. The molecule has 1 aromatic heterocycles. The predicted octanol–water partition coefficient (Wildman–Crippen LogP) is 15.6. The topological polar surface area (TPSA) is 25.2 Å². The van der Waals surface area contributed by atoms with Gasteiger partial charge in [0.2, 0.25) is 0 Å². The van der Waals surface area contributed by atoms with Crippen molar-refractivity contribution < 1.29 is 4.42 Å². The van der Waals surface area contributed by atoms with Crippen LogP contribution in [-0.2, 0) is 16.2 Å². The highest BCUT2D eigenvalue weighted by atomic mass is 16.3. The van der Waals surface area contributed by atoms with Crippen molar-refractivity contribution in [2.45, 2.75) is 57.8 Å². The van der Waals surface area contributed by atoms with Gasteiger partial charge in [0.15, 0.2) is 0 Å². The van der Waals surface area contributed by atoms with E-state index in [4.69, 9.17) is 4.42 Å². The Hall–Kier alpha value is -6.64. The van der Waals surface area contributed by atoms with Crippen LogP contribution in [0, 0.1) is 0 Å². The van der Waals surface area contributed by atoms with Crippen LogP contribution in [0.5, 0.6) is 0 Å². The monoisotopic (exact) mass is 761 g/mol. The molecule has 0 aliphatic heterocycles. The molecule has 1 unspecified atom stereocenters. The molecule has 0 saturated carbocycles. The van der Waals surface area contributed by atoms with Crippen LogP contribution in [0.2, 0.25) is 0 Å². The van der Waals surface area contributed by atoms with Gasteiger partial charge in [-0.2, -0.15) is 0 Å². The number of para-hydroxylation sites is 2. The Morgan fingerprint density at radius 1 is 0.458 bits per heavy atom. The van der Waals surface area contributed by atoms with Crippen molar-refractivity contribution >= 4 is 33.3 Å². The Morgan fingerprint density at radius 2 is 1.07 bits per heavy atom. The molecule has 8 aromatic carbocycles. The minimum Gasteiger partial charge on any atom is -0.456 e. The summed E-state index contributed by atoms with van der Waals surface area (Å²) in [5.41, 5.74) is 21.5. The molecule has 2 aliphatic carbocycles. The minimum atomic E-state index is -0.310. The number of rotatable bonds is 5. The van der Waals surface area contributed by atoms with Crippen LogP contribution >= 0.6 is 0 Å². The normalized spacial score (nSPS) is 16.2. The highest BCUT2D eigenvalue weighted by Crippen LogP contribution is 2.56. The Balaban J connectivity index is 1.16. The molecule has 1 N–H and O–H groups in total. The Kier molecular flexibility index (Phi) is 7.63. The van der Waals surface area contributed by atoms with Gasteiger partial charge in [0.25, 0.3) is 0 Å². The van der Waals surface area contributed by atoms with Crippen LogP contribution in [-0.4, -0.2) is 0 Å². The zero-order valence-electron chi connectivity index (χ0n) is 34.6. The lowest BCUT2D eigenvalue weighted by molar-refractivity contribution is 0.584. The Labute approximate surface area is 347 Å². The van der Waals surface area contributed by atoms with Gasteiger partial charge in [0.05, 0.1) is 5.69 Å². The molecular weight excluding hydrogens is 715 g/mol. The molecule has 59 heavy (non-hydrogen) atoms. The molecule has 0 saturated heterocycles. The number of furan rings is 1. The van der Waals surface area contributed by atoms with Crippen LogP contribution < -0.4 is 5.32 Å². The summed E-state index contributed by atoms with van der Waals surface area (Å²) in [7, 11) is 0. The van der Waals surface area contributed by atoms with Crippen molar-refractivity contribution in [2.75, 3.05) is 5.32 Å². The standard InChI is InChI=1S/C57H47NO/c1-55(2,3)36-29-31-44-48(33-36)56(4,5)47-26-15-21-40(52(44)47)42-23-14-24-43(41-22-16-28-51-53(41)45-20-11-13-27-50(45)59-51)54(42)58-37-30-32-39-38-19-10-12-25-46(38)57(6,49(39)34-37)35-17-8-7-9-18-35/h7-34,58H,1-6H3. The number of fused-ring (bicyclic) bond motifs is 9. The number of benzene rings is 8. The summed E-state index contributed by atoms with van der Waals surface area (Å²) < 4.78 is 6.47. The molecule has 0 radical (unpaired) electrons. The average Bonchev–Trinajstić information content (AvgIpc) is 3.84. The van der Waals surface area contributed by atoms with Crippen molar-refractivity contribution in [3.63, 3.8) is 0 Å². The van der Waals surface area contributed by atoms with Crippen LogP contribution in [0.1, 0.15) is 74.9 Å². The van der Waals surface area contributed by atoms with E-state index in [0.717, 1.165) is 44.4 Å². The zero-order valence-corrected chi connectivity index (χ0v) is 34.6. The zero-order chi connectivity index (χ0) is 40.3. The molecule has 2 heteroatoms. The number of hydrogen-bond donors (Lipinski definition) is 1. The molecule has 0 fully saturated rings. The SMILES string of the molecule is CC(C)(C)c1ccc2c(c1)C(C)(C)c1cccc(-c3cccc(-c4cccc5oc6ccccc6c45)c3Nc3ccc4c(c3)C(C)(c3ccccc3)c3ccccc3-4)c1-2. The molecule has 11 rings (SSSR count). The van der Waals surface area contributed by atoms with Crippen molar-refractivity contribution in [3.8, 4) is 44.5 Å². The minimum absolute atomic E-state index is 0.0558. The van der Waals surface area contributed by atoms with E-state index >= 15 is 0 Å². The molecule has 9 aromatic rings. The van der Waals surface area contributed by atoms with E-state index in [-0.39, 0.29) is 16.2 Å². The van der Waals surface area contributed by atoms with E-state index < -0.39 is 0 Å². The van der Waals surface area contributed by atoms with E-state index in [2.05, 4.69) is 211 Å². The second-order valence-electron chi connectivity index (χ2n) is 18.3. The first kappa shape index (κ1) is 35.5. The van der Waals surface area contributed by atoms with Gasteiger partial charge >= 0.3 is 0 Å². The molecular formula is C57H47NO. The van der Waals surface area contributed by atoms with Gasteiger partial charge in [-0.3, -0.25) is 0 Å². The lowest BCUT2D eigenvalue weighted by Crippen LogP contribution is -2.22. The molecule has 0 amide bonds. The third-order valence-corrected chi connectivity index (χ3v) is 13.5. The maximum Gasteiger partial charge on any atom is 0.136 e. The predicted molar refractivity (Wildman–Crippen MR) is 248 cm³/mol. The van der Waals surface area contributed by atoms with Crippen molar-refractivity contribution in [1.29, 1.82) is 0 Å².